The van der Waals surface area contributed by atoms with Crippen LogP contribution in [0, 0.1) is 5.92 Å². The van der Waals surface area contributed by atoms with Crippen molar-refractivity contribution in [1.82, 2.24) is 19.9 Å². The van der Waals surface area contributed by atoms with Gasteiger partial charge in [0.05, 0.1) is 22.6 Å². The standard InChI is InChI=1S/C21H20ClN5O2/c22-15-1-2-16(23-9-15)13-29-18-5-6-27(21(28)7-18)17-3-4-20(25-10-17)26-11-14-8-24-19(14)12-26/h1-7,9-10,14,19,24H,8,11-13H2/t14-,19+/m0/s1. The molecule has 0 radical (unpaired) electrons. The summed E-state index contributed by atoms with van der Waals surface area (Å²) in [5.74, 6) is 2.18. The zero-order valence-corrected chi connectivity index (χ0v) is 16.4. The van der Waals surface area contributed by atoms with Crippen LogP contribution < -0.4 is 20.5 Å². The van der Waals surface area contributed by atoms with Crippen molar-refractivity contribution < 1.29 is 4.74 Å². The highest BCUT2D eigenvalue weighted by Gasteiger charge is 2.39. The Bertz CT molecular complexity index is 1060. The summed E-state index contributed by atoms with van der Waals surface area (Å²) in [6.07, 6.45) is 5.00. The molecule has 148 valence electrons. The Morgan fingerprint density at radius 1 is 1.14 bits per heavy atom. The van der Waals surface area contributed by atoms with Gasteiger partial charge in [-0.25, -0.2) is 4.98 Å². The molecule has 1 N–H and O–H groups in total. The number of rotatable bonds is 5. The van der Waals surface area contributed by atoms with Gasteiger partial charge in [-0.3, -0.25) is 14.3 Å². The average Bonchev–Trinajstić information content (AvgIpc) is 3.02. The van der Waals surface area contributed by atoms with Crippen LogP contribution in [0.4, 0.5) is 5.82 Å². The lowest BCUT2D eigenvalue weighted by atomic mass is 9.96. The lowest BCUT2D eigenvalue weighted by molar-refractivity contribution is 0.297. The van der Waals surface area contributed by atoms with Gasteiger partial charge in [0.25, 0.3) is 5.56 Å². The van der Waals surface area contributed by atoms with E-state index in [1.165, 1.54) is 6.07 Å². The van der Waals surface area contributed by atoms with E-state index in [0.717, 1.165) is 42.8 Å². The summed E-state index contributed by atoms with van der Waals surface area (Å²) in [5, 5.41) is 4.02. The molecule has 0 saturated carbocycles. The maximum Gasteiger partial charge on any atom is 0.258 e. The molecule has 3 aromatic rings. The van der Waals surface area contributed by atoms with Gasteiger partial charge < -0.3 is 15.0 Å². The number of nitrogens with zero attached hydrogens (tertiary/aromatic N) is 4. The Labute approximate surface area is 172 Å². The second-order valence-electron chi connectivity index (χ2n) is 7.38. The van der Waals surface area contributed by atoms with Gasteiger partial charge in [0.1, 0.15) is 18.2 Å². The van der Waals surface area contributed by atoms with Crippen LogP contribution in [0.3, 0.4) is 0 Å². The number of anilines is 1. The number of fused-ring (bicyclic) bond motifs is 1. The van der Waals surface area contributed by atoms with Gasteiger partial charge >= 0.3 is 0 Å². The normalized spacial score (nSPS) is 20.2. The molecule has 0 aliphatic carbocycles. The molecule has 8 heteroatoms. The van der Waals surface area contributed by atoms with E-state index >= 15 is 0 Å². The molecule has 29 heavy (non-hydrogen) atoms. The Kier molecular flexibility index (Phi) is 4.69. The van der Waals surface area contributed by atoms with E-state index in [4.69, 9.17) is 16.3 Å². The summed E-state index contributed by atoms with van der Waals surface area (Å²) in [6, 6.07) is 11.3. The quantitative estimate of drug-likeness (QED) is 0.697. The topological polar surface area (TPSA) is 72.3 Å². The van der Waals surface area contributed by atoms with Crippen LogP contribution in [-0.4, -0.2) is 40.2 Å². The molecule has 0 bridgehead atoms. The number of hydrogen-bond acceptors (Lipinski definition) is 6. The minimum atomic E-state index is -0.176. The Morgan fingerprint density at radius 2 is 2.07 bits per heavy atom. The Morgan fingerprint density at radius 3 is 2.69 bits per heavy atom. The summed E-state index contributed by atoms with van der Waals surface area (Å²) in [5.41, 5.74) is 1.29. The molecule has 2 atom stereocenters. The smallest absolute Gasteiger partial charge is 0.258 e. The van der Waals surface area contributed by atoms with Gasteiger partial charge in [0.2, 0.25) is 0 Å². The maximum atomic E-state index is 12.5. The summed E-state index contributed by atoms with van der Waals surface area (Å²) < 4.78 is 7.22. The zero-order valence-electron chi connectivity index (χ0n) is 15.7. The van der Waals surface area contributed by atoms with Gasteiger partial charge in [0.15, 0.2) is 0 Å². The fraction of sp³-hybridized carbons (Fsp3) is 0.286. The van der Waals surface area contributed by atoms with E-state index in [0.29, 0.717) is 16.8 Å². The minimum absolute atomic E-state index is 0.176. The van der Waals surface area contributed by atoms with Crippen molar-refractivity contribution in [3.8, 4) is 11.4 Å². The molecule has 2 aliphatic rings. The molecule has 0 aromatic carbocycles. The van der Waals surface area contributed by atoms with Crippen LogP contribution in [0.2, 0.25) is 5.02 Å². The zero-order chi connectivity index (χ0) is 19.8. The highest BCUT2D eigenvalue weighted by Crippen LogP contribution is 2.27. The lowest BCUT2D eigenvalue weighted by Crippen LogP contribution is -2.51. The first-order valence-corrected chi connectivity index (χ1v) is 9.94. The summed E-state index contributed by atoms with van der Waals surface area (Å²) in [6.45, 7) is 3.39. The van der Waals surface area contributed by atoms with Crippen molar-refractivity contribution in [1.29, 1.82) is 0 Å². The fourth-order valence-corrected chi connectivity index (χ4v) is 3.87. The SMILES string of the molecule is O=c1cc(OCc2ccc(Cl)cn2)ccn1-c1ccc(N2C[C@@H]3CN[C@@H]3C2)nc1. The lowest BCUT2D eigenvalue weighted by Gasteiger charge is -2.29. The second kappa shape index (κ2) is 7.50. The number of aromatic nitrogens is 3. The van der Waals surface area contributed by atoms with Crippen molar-refractivity contribution in [3.63, 3.8) is 0 Å². The van der Waals surface area contributed by atoms with Crippen LogP contribution in [0.25, 0.3) is 5.69 Å². The van der Waals surface area contributed by atoms with E-state index < -0.39 is 0 Å². The molecule has 3 aromatic heterocycles. The molecule has 0 spiro atoms. The maximum absolute atomic E-state index is 12.5. The molecule has 5 rings (SSSR count). The summed E-state index contributed by atoms with van der Waals surface area (Å²) in [4.78, 5) is 23.6. The largest absolute Gasteiger partial charge is 0.487 e. The van der Waals surface area contributed by atoms with Gasteiger partial charge in [0, 0.05) is 50.1 Å². The minimum Gasteiger partial charge on any atom is -0.487 e. The van der Waals surface area contributed by atoms with Crippen molar-refractivity contribution in [3.05, 3.63) is 76.1 Å². The van der Waals surface area contributed by atoms with E-state index in [1.807, 2.05) is 12.1 Å². The number of nitrogens with one attached hydrogen (secondary N) is 1. The molecular weight excluding hydrogens is 390 g/mol. The third-order valence-electron chi connectivity index (χ3n) is 5.48. The molecule has 0 unspecified atom stereocenters. The van der Waals surface area contributed by atoms with Crippen LogP contribution >= 0.6 is 11.6 Å². The number of hydrogen-bond donors (Lipinski definition) is 1. The molecule has 0 amide bonds. The Hall–Kier alpha value is -2.90. The number of halogens is 1. The predicted octanol–water partition coefficient (Wildman–Crippen LogP) is 2.27. The van der Waals surface area contributed by atoms with Gasteiger partial charge in [-0.2, -0.15) is 0 Å². The van der Waals surface area contributed by atoms with Crippen molar-refractivity contribution in [2.24, 2.45) is 5.92 Å². The van der Waals surface area contributed by atoms with E-state index in [2.05, 4.69) is 20.2 Å². The van der Waals surface area contributed by atoms with E-state index in [1.54, 1.807) is 41.4 Å². The second-order valence-corrected chi connectivity index (χ2v) is 7.82. The van der Waals surface area contributed by atoms with Crippen LogP contribution in [0.1, 0.15) is 5.69 Å². The predicted molar refractivity (Wildman–Crippen MR) is 111 cm³/mol. The third kappa shape index (κ3) is 3.71. The van der Waals surface area contributed by atoms with Gasteiger partial charge in [-0.1, -0.05) is 11.6 Å². The molecule has 2 aliphatic heterocycles. The number of ether oxygens (including phenoxy) is 1. The molecule has 2 saturated heterocycles. The molecule has 2 fully saturated rings. The van der Waals surface area contributed by atoms with Crippen LogP contribution in [-0.2, 0) is 6.61 Å². The molecule has 5 heterocycles. The van der Waals surface area contributed by atoms with Crippen LogP contribution in [0.15, 0.2) is 59.8 Å². The van der Waals surface area contributed by atoms with Gasteiger partial charge in [-0.15, -0.1) is 0 Å². The van der Waals surface area contributed by atoms with Crippen molar-refractivity contribution in [2.45, 2.75) is 12.6 Å². The van der Waals surface area contributed by atoms with E-state index in [9.17, 15) is 4.79 Å². The highest BCUT2D eigenvalue weighted by molar-refractivity contribution is 6.30. The fourth-order valence-electron chi connectivity index (χ4n) is 3.76. The summed E-state index contributed by atoms with van der Waals surface area (Å²) in [7, 11) is 0. The van der Waals surface area contributed by atoms with Crippen molar-refractivity contribution in [2.75, 3.05) is 24.5 Å². The monoisotopic (exact) mass is 409 g/mol. The van der Waals surface area contributed by atoms with Gasteiger partial charge in [-0.05, 0) is 30.3 Å². The average molecular weight is 410 g/mol. The van der Waals surface area contributed by atoms with Crippen LogP contribution in [0.5, 0.6) is 5.75 Å². The van der Waals surface area contributed by atoms with E-state index in [-0.39, 0.29) is 12.2 Å². The molecule has 7 nitrogen and oxygen atoms in total. The summed E-state index contributed by atoms with van der Waals surface area (Å²) >= 11 is 5.83. The van der Waals surface area contributed by atoms with Crippen molar-refractivity contribution >= 4 is 17.4 Å². The first kappa shape index (κ1) is 18.1. The highest BCUT2D eigenvalue weighted by atomic mass is 35.5. The molecular formula is C21H20ClN5O2. The Balaban J connectivity index is 1.27. The first-order chi connectivity index (χ1) is 14.2. The number of pyridine rings is 3. The first-order valence-electron chi connectivity index (χ1n) is 9.56. The third-order valence-corrected chi connectivity index (χ3v) is 5.71.